The second kappa shape index (κ2) is 8.91. The Morgan fingerprint density at radius 2 is 1.85 bits per heavy atom. The fourth-order valence-corrected chi connectivity index (χ4v) is 3.61. The summed E-state index contributed by atoms with van der Waals surface area (Å²) in [6.45, 7) is 3.41. The van der Waals surface area contributed by atoms with Crippen LogP contribution in [0.4, 0.5) is 4.79 Å². The Hall–Kier alpha value is -2.25. The van der Waals surface area contributed by atoms with Gasteiger partial charge in [0.1, 0.15) is 0 Å². The van der Waals surface area contributed by atoms with Crippen molar-refractivity contribution in [2.75, 3.05) is 5.75 Å². The lowest BCUT2D eigenvalue weighted by molar-refractivity contribution is -0.155. The van der Waals surface area contributed by atoms with Crippen molar-refractivity contribution in [1.29, 1.82) is 0 Å². The molecule has 2 aromatic rings. The summed E-state index contributed by atoms with van der Waals surface area (Å²) in [6.07, 6.45) is -1.09. The number of esters is 1. The molecule has 0 radical (unpaired) electrons. The lowest BCUT2D eigenvalue weighted by Crippen LogP contribution is -2.45. The fourth-order valence-electron chi connectivity index (χ4n) is 2.38. The van der Waals surface area contributed by atoms with Gasteiger partial charge in [-0.3, -0.25) is 14.9 Å². The third-order valence-electron chi connectivity index (χ3n) is 3.53. The highest BCUT2D eigenvalue weighted by atomic mass is 35.5. The molecule has 0 unspecified atom stereocenters. The van der Waals surface area contributed by atoms with E-state index in [0.717, 1.165) is 15.7 Å². The third-order valence-corrected chi connectivity index (χ3v) is 4.88. The summed E-state index contributed by atoms with van der Waals surface area (Å²) in [7, 11) is 0. The molecule has 0 fully saturated rings. The lowest BCUT2D eigenvalue weighted by Gasteiger charge is -2.19. The molecular formula is C18H19ClN2O4S. The number of rotatable bonds is 6. The molecule has 0 bridgehead atoms. The first-order valence-corrected chi connectivity index (χ1v) is 9.25. The number of carbonyl (C=O) groups is 3. The second-order valence-corrected chi connectivity index (χ2v) is 7.32. The zero-order chi connectivity index (χ0) is 19.3. The van der Waals surface area contributed by atoms with E-state index in [1.807, 2.05) is 35.6 Å². The molecule has 1 atom stereocenters. The van der Waals surface area contributed by atoms with Gasteiger partial charge in [-0.2, -0.15) is 0 Å². The average molecular weight is 395 g/mol. The Morgan fingerprint density at radius 3 is 2.46 bits per heavy atom. The van der Waals surface area contributed by atoms with Crippen LogP contribution in [0.25, 0.3) is 10.8 Å². The molecule has 0 aliphatic rings. The van der Waals surface area contributed by atoms with Crippen molar-refractivity contribution >= 4 is 52.0 Å². The predicted molar refractivity (Wildman–Crippen MR) is 102 cm³/mol. The van der Waals surface area contributed by atoms with E-state index in [0.29, 0.717) is 5.02 Å². The number of hydrogen-bond donors (Lipinski definition) is 2. The van der Waals surface area contributed by atoms with E-state index in [4.69, 9.17) is 22.1 Å². The summed E-state index contributed by atoms with van der Waals surface area (Å²) in [5, 5.41) is 4.36. The Morgan fingerprint density at radius 1 is 1.19 bits per heavy atom. The molecule has 138 valence electrons. The number of urea groups is 1. The Kier molecular flexibility index (Phi) is 6.88. The molecule has 2 aromatic carbocycles. The molecule has 26 heavy (non-hydrogen) atoms. The SMILES string of the molecule is CC(C)[C@H](OC(=O)CSc1cccc2cccc(Cl)c12)C(=O)NC(N)=O. The van der Waals surface area contributed by atoms with Crippen LogP contribution in [0.1, 0.15) is 13.8 Å². The number of amides is 3. The highest BCUT2D eigenvalue weighted by Gasteiger charge is 2.27. The van der Waals surface area contributed by atoms with Gasteiger partial charge in [-0.1, -0.05) is 49.7 Å². The number of thioether (sulfide) groups is 1. The molecule has 6 nitrogen and oxygen atoms in total. The van der Waals surface area contributed by atoms with Gasteiger partial charge in [-0.05, 0) is 23.4 Å². The first-order valence-electron chi connectivity index (χ1n) is 7.89. The molecule has 3 amide bonds. The van der Waals surface area contributed by atoms with Crippen LogP contribution in [-0.4, -0.2) is 29.8 Å². The first kappa shape index (κ1) is 20.1. The first-order chi connectivity index (χ1) is 12.3. The minimum Gasteiger partial charge on any atom is -0.451 e. The van der Waals surface area contributed by atoms with Gasteiger partial charge in [-0.15, -0.1) is 11.8 Å². The monoisotopic (exact) mass is 394 g/mol. The summed E-state index contributed by atoms with van der Waals surface area (Å²) in [6, 6.07) is 10.3. The molecular weight excluding hydrogens is 376 g/mol. The minimum atomic E-state index is -1.09. The number of carbonyl (C=O) groups excluding carboxylic acids is 3. The summed E-state index contributed by atoms with van der Waals surface area (Å²) in [4.78, 5) is 35.7. The van der Waals surface area contributed by atoms with Crippen LogP contribution in [-0.2, 0) is 14.3 Å². The zero-order valence-corrected chi connectivity index (χ0v) is 15.9. The maximum atomic E-state index is 12.2. The van der Waals surface area contributed by atoms with Gasteiger partial charge < -0.3 is 10.5 Å². The van der Waals surface area contributed by atoms with Gasteiger partial charge in [0.2, 0.25) is 0 Å². The van der Waals surface area contributed by atoms with Crippen LogP contribution in [0.2, 0.25) is 5.02 Å². The van der Waals surface area contributed by atoms with E-state index in [1.165, 1.54) is 11.8 Å². The minimum absolute atomic E-state index is 0.00257. The number of fused-ring (bicyclic) bond motifs is 1. The summed E-state index contributed by atoms with van der Waals surface area (Å²) >= 11 is 7.54. The zero-order valence-electron chi connectivity index (χ0n) is 14.3. The third kappa shape index (κ3) is 5.12. The van der Waals surface area contributed by atoms with Gasteiger partial charge in [0.25, 0.3) is 5.91 Å². The van der Waals surface area contributed by atoms with Gasteiger partial charge in [0.05, 0.1) is 5.75 Å². The Labute approximate surface area is 160 Å². The average Bonchev–Trinajstić information content (AvgIpc) is 2.57. The van der Waals surface area contributed by atoms with Gasteiger partial charge in [-0.25, -0.2) is 4.79 Å². The highest BCUT2D eigenvalue weighted by molar-refractivity contribution is 8.00. The number of halogens is 1. The van der Waals surface area contributed by atoms with Crippen LogP contribution in [0.5, 0.6) is 0 Å². The largest absolute Gasteiger partial charge is 0.451 e. The molecule has 3 N–H and O–H groups in total. The van der Waals surface area contributed by atoms with Crippen LogP contribution >= 0.6 is 23.4 Å². The molecule has 8 heteroatoms. The standard InChI is InChI=1S/C18H19ClN2O4S/c1-10(2)16(17(23)21-18(20)24)25-14(22)9-26-13-8-4-6-11-5-3-7-12(19)15(11)13/h3-8,10,16H,9H2,1-2H3,(H3,20,21,23,24)/t16-/m0/s1. The van der Waals surface area contributed by atoms with Crippen LogP contribution in [0.3, 0.4) is 0 Å². The Balaban J connectivity index is 2.06. The van der Waals surface area contributed by atoms with Crippen LogP contribution < -0.4 is 11.1 Å². The number of primary amides is 1. The van der Waals surface area contributed by atoms with Crippen molar-refractivity contribution in [3.63, 3.8) is 0 Å². The molecule has 0 saturated carbocycles. The van der Waals surface area contributed by atoms with E-state index in [-0.39, 0.29) is 11.7 Å². The topological polar surface area (TPSA) is 98.5 Å². The van der Waals surface area contributed by atoms with Crippen LogP contribution in [0, 0.1) is 5.92 Å². The van der Waals surface area contributed by atoms with E-state index in [1.54, 1.807) is 19.9 Å². The maximum Gasteiger partial charge on any atom is 0.318 e. The smallest absolute Gasteiger partial charge is 0.318 e. The van der Waals surface area contributed by atoms with Crippen molar-refractivity contribution in [1.82, 2.24) is 5.32 Å². The molecule has 0 aromatic heterocycles. The number of hydrogen-bond acceptors (Lipinski definition) is 5. The molecule has 0 saturated heterocycles. The molecule has 0 aliphatic carbocycles. The maximum absolute atomic E-state index is 12.2. The van der Waals surface area contributed by atoms with Crippen molar-refractivity contribution in [3.8, 4) is 0 Å². The Bertz CT molecular complexity index is 836. The number of benzene rings is 2. The normalized spacial score (nSPS) is 12.0. The van der Waals surface area contributed by atoms with Crippen molar-refractivity contribution in [2.45, 2.75) is 24.8 Å². The van der Waals surface area contributed by atoms with Gasteiger partial charge in [0.15, 0.2) is 6.10 Å². The number of nitrogens with two attached hydrogens (primary N) is 1. The van der Waals surface area contributed by atoms with Crippen molar-refractivity contribution < 1.29 is 19.1 Å². The van der Waals surface area contributed by atoms with Crippen molar-refractivity contribution in [2.24, 2.45) is 11.7 Å². The molecule has 2 rings (SSSR count). The van der Waals surface area contributed by atoms with Crippen molar-refractivity contribution in [3.05, 3.63) is 41.4 Å². The second-order valence-electron chi connectivity index (χ2n) is 5.89. The number of imide groups is 1. The summed E-state index contributed by atoms with van der Waals surface area (Å²) in [5.74, 6) is -1.62. The number of nitrogens with one attached hydrogen (secondary N) is 1. The summed E-state index contributed by atoms with van der Waals surface area (Å²) < 4.78 is 5.23. The molecule has 0 heterocycles. The fraction of sp³-hybridized carbons (Fsp3) is 0.278. The molecule has 0 aliphatic heterocycles. The molecule has 0 spiro atoms. The van der Waals surface area contributed by atoms with Gasteiger partial charge >= 0.3 is 12.0 Å². The predicted octanol–water partition coefficient (Wildman–Crippen LogP) is 3.35. The van der Waals surface area contributed by atoms with E-state index < -0.39 is 24.0 Å². The number of ether oxygens (including phenoxy) is 1. The van der Waals surface area contributed by atoms with E-state index in [9.17, 15) is 14.4 Å². The quantitative estimate of drug-likeness (QED) is 0.578. The highest BCUT2D eigenvalue weighted by Crippen LogP contribution is 2.33. The van der Waals surface area contributed by atoms with Gasteiger partial charge in [0, 0.05) is 15.3 Å². The lowest BCUT2D eigenvalue weighted by atomic mass is 10.1. The summed E-state index contributed by atoms with van der Waals surface area (Å²) in [5.41, 5.74) is 4.94. The van der Waals surface area contributed by atoms with E-state index in [2.05, 4.69) is 0 Å². The van der Waals surface area contributed by atoms with Crippen LogP contribution in [0.15, 0.2) is 41.3 Å². The van der Waals surface area contributed by atoms with E-state index >= 15 is 0 Å².